The summed E-state index contributed by atoms with van der Waals surface area (Å²) in [6.45, 7) is 4.93. The summed E-state index contributed by atoms with van der Waals surface area (Å²) in [5.41, 5.74) is 9.44. The lowest BCUT2D eigenvalue weighted by atomic mass is 10.2. The first-order valence-electron chi connectivity index (χ1n) is 11.5. The molecule has 186 valence electrons. The fourth-order valence-electron chi connectivity index (χ4n) is 4.60. The minimum atomic E-state index is -3.68. The Morgan fingerprint density at radius 3 is 2.50 bits per heavy atom. The van der Waals surface area contributed by atoms with Gasteiger partial charge in [0, 0.05) is 38.4 Å². The van der Waals surface area contributed by atoms with Crippen molar-refractivity contribution in [2.24, 2.45) is 5.14 Å². The number of furan rings is 1. The second-order valence-electron chi connectivity index (χ2n) is 8.75. The van der Waals surface area contributed by atoms with Crippen LogP contribution in [-0.2, 0) is 16.6 Å². The molecule has 0 saturated carbocycles. The van der Waals surface area contributed by atoms with Crippen molar-refractivity contribution in [3.63, 3.8) is 0 Å². The van der Waals surface area contributed by atoms with E-state index >= 15 is 0 Å². The molecular weight excluding hydrogens is 482 g/mol. The number of nitrogens with two attached hydrogens (primary N) is 2. The Hall–Kier alpha value is -3.94. The van der Waals surface area contributed by atoms with E-state index in [9.17, 15) is 8.42 Å². The monoisotopic (exact) mass is 507 g/mol. The van der Waals surface area contributed by atoms with Crippen LogP contribution in [0.5, 0.6) is 0 Å². The average Bonchev–Trinajstić information content (AvgIpc) is 3.62. The van der Waals surface area contributed by atoms with E-state index in [-0.39, 0.29) is 4.90 Å². The molecule has 6 rings (SSSR count). The van der Waals surface area contributed by atoms with E-state index in [4.69, 9.17) is 15.3 Å². The van der Waals surface area contributed by atoms with Gasteiger partial charge in [0.15, 0.2) is 11.4 Å². The van der Waals surface area contributed by atoms with Gasteiger partial charge in [0.05, 0.1) is 34.8 Å². The van der Waals surface area contributed by atoms with Gasteiger partial charge in [0.2, 0.25) is 16.0 Å². The number of primary sulfonamides is 1. The predicted octanol–water partition coefficient (Wildman–Crippen LogP) is 1.39. The van der Waals surface area contributed by atoms with Crippen LogP contribution in [0.25, 0.3) is 28.0 Å². The first-order valence-corrected chi connectivity index (χ1v) is 13.1. The van der Waals surface area contributed by atoms with Crippen molar-refractivity contribution in [1.82, 2.24) is 29.3 Å². The maximum Gasteiger partial charge on any atom is 0.238 e. The van der Waals surface area contributed by atoms with E-state index in [2.05, 4.69) is 25.0 Å². The molecule has 1 aromatic carbocycles. The van der Waals surface area contributed by atoms with Crippen molar-refractivity contribution >= 4 is 38.2 Å². The lowest BCUT2D eigenvalue weighted by Crippen LogP contribution is -2.47. The molecule has 1 aliphatic rings. The van der Waals surface area contributed by atoms with Crippen LogP contribution in [0.1, 0.15) is 0 Å². The van der Waals surface area contributed by atoms with Gasteiger partial charge < -0.3 is 15.1 Å². The highest BCUT2D eigenvalue weighted by molar-refractivity contribution is 7.89. The number of hydrogen-bond donors (Lipinski definition) is 2. The molecule has 1 saturated heterocycles. The Bertz CT molecular complexity index is 1630. The number of piperazine rings is 1. The van der Waals surface area contributed by atoms with E-state index in [1.807, 2.05) is 22.9 Å². The third-order valence-electron chi connectivity index (χ3n) is 6.54. The van der Waals surface area contributed by atoms with Gasteiger partial charge in [0.25, 0.3) is 0 Å². The molecule has 0 bridgehead atoms. The fourth-order valence-corrected chi connectivity index (χ4v) is 5.12. The summed E-state index contributed by atoms with van der Waals surface area (Å²) in [7, 11) is -3.68. The summed E-state index contributed by atoms with van der Waals surface area (Å²) >= 11 is 0. The van der Waals surface area contributed by atoms with Gasteiger partial charge in [-0.1, -0.05) is 0 Å². The Kier molecular flexibility index (Phi) is 5.39. The van der Waals surface area contributed by atoms with Gasteiger partial charge in [-0.2, -0.15) is 19.7 Å². The summed E-state index contributed by atoms with van der Waals surface area (Å²) in [6.07, 6.45) is 3.41. The lowest BCUT2D eigenvalue weighted by Gasteiger charge is -2.36. The smallest absolute Gasteiger partial charge is 0.238 e. The van der Waals surface area contributed by atoms with Crippen LogP contribution in [-0.4, -0.2) is 70.4 Å². The molecule has 1 fully saturated rings. The van der Waals surface area contributed by atoms with Crippen LogP contribution in [0, 0.1) is 0 Å². The quantitative estimate of drug-likeness (QED) is 0.347. The van der Waals surface area contributed by atoms with Crippen molar-refractivity contribution in [3.8, 4) is 11.5 Å². The van der Waals surface area contributed by atoms with Crippen molar-refractivity contribution in [3.05, 3.63) is 54.9 Å². The molecule has 13 heteroatoms. The second kappa shape index (κ2) is 8.62. The molecule has 0 radical (unpaired) electrons. The maximum absolute atomic E-state index is 11.5. The SMILES string of the molecule is Nc1nc2c(cnn2CCN2CCN(c3ccc(S(N)(=O)=O)cc3)CC2)c2cc(-c3ccco3)nn12. The van der Waals surface area contributed by atoms with Gasteiger partial charge in [-0.25, -0.2) is 18.2 Å². The zero-order chi connectivity index (χ0) is 24.9. The molecule has 0 unspecified atom stereocenters. The Morgan fingerprint density at radius 2 is 1.81 bits per heavy atom. The Labute approximate surface area is 206 Å². The molecule has 0 aliphatic carbocycles. The second-order valence-corrected chi connectivity index (χ2v) is 10.3. The first kappa shape index (κ1) is 22.5. The van der Waals surface area contributed by atoms with Gasteiger partial charge in [0.1, 0.15) is 5.69 Å². The molecule has 0 atom stereocenters. The zero-order valence-electron chi connectivity index (χ0n) is 19.4. The van der Waals surface area contributed by atoms with Crippen LogP contribution >= 0.6 is 0 Å². The van der Waals surface area contributed by atoms with Crippen LogP contribution in [0.3, 0.4) is 0 Å². The summed E-state index contributed by atoms with van der Waals surface area (Å²) in [5.74, 6) is 0.956. The lowest BCUT2D eigenvalue weighted by molar-refractivity contribution is 0.245. The van der Waals surface area contributed by atoms with Crippen molar-refractivity contribution in [2.45, 2.75) is 11.4 Å². The third-order valence-corrected chi connectivity index (χ3v) is 7.47. The van der Waals surface area contributed by atoms with Crippen LogP contribution in [0.15, 0.2) is 64.2 Å². The van der Waals surface area contributed by atoms with Crippen molar-refractivity contribution in [1.29, 1.82) is 0 Å². The van der Waals surface area contributed by atoms with Crippen LogP contribution in [0.2, 0.25) is 0 Å². The van der Waals surface area contributed by atoms with E-state index in [1.165, 1.54) is 0 Å². The number of nitrogen functional groups attached to an aromatic ring is 1. The Balaban J connectivity index is 1.13. The number of anilines is 2. The van der Waals surface area contributed by atoms with Crippen LogP contribution in [0.4, 0.5) is 11.6 Å². The highest BCUT2D eigenvalue weighted by Gasteiger charge is 2.20. The standard InChI is InChI=1S/C23H25N9O3S/c24-23-27-22-18(20-14-19(28-32(20)23)21-2-1-13-35-21)15-26-31(22)12-9-29-7-10-30(11-8-29)16-3-5-17(6-4-16)36(25,33)34/h1-6,13-15H,7-12H2,(H2,24,27)(H2,25,33,34). The van der Waals surface area contributed by atoms with Gasteiger partial charge in [-0.05, 0) is 42.5 Å². The number of aromatic nitrogens is 5. The van der Waals surface area contributed by atoms with E-state index < -0.39 is 10.0 Å². The third kappa shape index (κ3) is 4.06. The molecule has 1 aliphatic heterocycles. The summed E-state index contributed by atoms with van der Waals surface area (Å²) in [4.78, 5) is 9.30. The summed E-state index contributed by atoms with van der Waals surface area (Å²) in [5, 5.41) is 15.2. The number of benzene rings is 1. The molecular formula is C23H25N9O3S. The number of hydrogen-bond acceptors (Lipinski definition) is 9. The molecule has 5 aromatic rings. The minimum Gasteiger partial charge on any atom is -0.463 e. The molecule has 12 nitrogen and oxygen atoms in total. The van der Waals surface area contributed by atoms with E-state index in [0.717, 1.165) is 55.0 Å². The predicted molar refractivity (Wildman–Crippen MR) is 135 cm³/mol. The number of sulfonamides is 1. The number of rotatable bonds is 6. The van der Waals surface area contributed by atoms with Gasteiger partial charge in [-0.15, -0.1) is 0 Å². The molecule has 4 N–H and O–H groups in total. The molecule has 0 spiro atoms. The normalized spacial score (nSPS) is 15.3. The largest absolute Gasteiger partial charge is 0.463 e. The molecule has 36 heavy (non-hydrogen) atoms. The minimum absolute atomic E-state index is 0.121. The molecule has 5 heterocycles. The van der Waals surface area contributed by atoms with Gasteiger partial charge in [-0.3, -0.25) is 4.90 Å². The highest BCUT2D eigenvalue weighted by atomic mass is 32.2. The zero-order valence-corrected chi connectivity index (χ0v) is 20.2. The number of fused-ring (bicyclic) bond motifs is 3. The number of nitrogens with zero attached hydrogens (tertiary/aromatic N) is 7. The molecule has 4 aromatic heterocycles. The fraction of sp³-hybridized carbons (Fsp3) is 0.261. The summed E-state index contributed by atoms with van der Waals surface area (Å²) in [6, 6.07) is 12.3. The van der Waals surface area contributed by atoms with Gasteiger partial charge >= 0.3 is 0 Å². The summed E-state index contributed by atoms with van der Waals surface area (Å²) < 4.78 is 31.9. The van der Waals surface area contributed by atoms with E-state index in [1.54, 1.807) is 41.2 Å². The highest BCUT2D eigenvalue weighted by Crippen LogP contribution is 2.26. The Morgan fingerprint density at radius 1 is 1.03 bits per heavy atom. The topological polar surface area (TPSA) is 154 Å². The maximum atomic E-state index is 11.5. The molecule has 0 amide bonds. The average molecular weight is 508 g/mol. The van der Waals surface area contributed by atoms with Crippen molar-refractivity contribution < 1.29 is 12.8 Å². The first-order chi connectivity index (χ1) is 17.4. The van der Waals surface area contributed by atoms with E-state index in [0.29, 0.717) is 23.9 Å². The van der Waals surface area contributed by atoms with Crippen LogP contribution < -0.4 is 15.8 Å². The van der Waals surface area contributed by atoms with Crippen molar-refractivity contribution in [2.75, 3.05) is 43.4 Å².